The van der Waals surface area contributed by atoms with Crippen LogP contribution in [0.25, 0.3) is 0 Å². The Hall–Kier alpha value is -0.800. The van der Waals surface area contributed by atoms with Gasteiger partial charge in [0.25, 0.3) is 0 Å². The van der Waals surface area contributed by atoms with Crippen molar-refractivity contribution in [1.82, 2.24) is 0 Å². The van der Waals surface area contributed by atoms with Crippen LogP contribution in [0, 0.1) is 5.92 Å². The van der Waals surface area contributed by atoms with Crippen molar-refractivity contribution in [3.63, 3.8) is 0 Å². The van der Waals surface area contributed by atoms with E-state index < -0.39 is 0 Å². The minimum atomic E-state index is 0.194. The lowest BCUT2D eigenvalue weighted by Crippen LogP contribution is -2.09. The minimum absolute atomic E-state index is 0.194. The molecule has 1 atom stereocenters. The normalized spacial score (nSPS) is 12.4. The molecule has 0 aromatic heterocycles. The van der Waals surface area contributed by atoms with E-state index in [4.69, 9.17) is 5.11 Å². The molecular weight excluding hydrogens is 220 g/mol. The molecule has 0 aliphatic heterocycles. The number of thioether (sulfide) groups is 1. The molecule has 0 heterocycles. The van der Waals surface area contributed by atoms with Crippen LogP contribution in [0.3, 0.4) is 0 Å². The summed E-state index contributed by atoms with van der Waals surface area (Å²) < 4.78 is 0. The smallest absolute Gasteiger partial charge is 0.147 e. The summed E-state index contributed by atoms with van der Waals surface area (Å²) in [7, 11) is 0. The zero-order valence-electron chi connectivity index (χ0n) is 9.56. The molecule has 1 unspecified atom stereocenters. The van der Waals surface area contributed by atoms with Crippen molar-refractivity contribution in [1.29, 1.82) is 0 Å². The number of aliphatic hydroxyl groups excluding tert-OH is 1. The number of carbonyl (C=O) groups excluding carboxylic acids is 1. The Labute approximate surface area is 101 Å². The molecule has 1 rings (SSSR count). The van der Waals surface area contributed by atoms with Crippen molar-refractivity contribution in [3.05, 3.63) is 35.9 Å². The van der Waals surface area contributed by atoms with Gasteiger partial charge in [-0.15, -0.1) is 0 Å². The molecule has 0 aliphatic rings. The summed E-state index contributed by atoms with van der Waals surface area (Å²) in [5.74, 6) is 1.91. The summed E-state index contributed by atoms with van der Waals surface area (Å²) in [4.78, 5) is 11.6. The van der Waals surface area contributed by atoms with Gasteiger partial charge in [0.1, 0.15) is 5.78 Å². The average Bonchev–Trinajstić information content (AvgIpc) is 2.30. The second-order valence-electron chi connectivity index (χ2n) is 4.00. The Morgan fingerprint density at radius 2 is 2.06 bits per heavy atom. The van der Waals surface area contributed by atoms with Crippen LogP contribution in [0.15, 0.2) is 30.3 Å². The molecule has 1 N–H and O–H groups in total. The van der Waals surface area contributed by atoms with Gasteiger partial charge in [0, 0.05) is 13.0 Å². The van der Waals surface area contributed by atoms with Gasteiger partial charge in [-0.2, -0.15) is 11.8 Å². The van der Waals surface area contributed by atoms with E-state index in [0.717, 1.165) is 11.3 Å². The van der Waals surface area contributed by atoms with Crippen molar-refractivity contribution in [2.75, 3.05) is 18.1 Å². The highest BCUT2D eigenvalue weighted by atomic mass is 32.2. The lowest BCUT2D eigenvalue weighted by atomic mass is 10.1. The van der Waals surface area contributed by atoms with E-state index in [2.05, 4.69) is 0 Å². The van der Waals surface area contributed by atoms with Crippen molar-refractivity contribution in [2.24, 2.45) is 5.92 Å². The van der Waals surface area contributed by atoms with Crippen LogP contribution < -0.4 is 0 Å². The predicted molar refractivity (Wildman–Crippen MR) is 68.7 cm³/mol. The van der Waals surface area contributed by atoms with E-state index in [1.807, 2.05) is 37.3 Å². The number of hydrogen-bond acceptors (Lipinski definition) is 3. The molecule has 0 radical (unpaired) electrons. The second-order valence-corrected chi connectivity index (χ2v) is 5.03. The average molecular weight is 238 g/mol. The Morgan fingerprint density at radius 3 is 2.69 bits per heavy atom. The molecule has 0 aliphatic carbocycles. The number of benzene rings is 1. The molecule has 2 nitrogen and oxygen atoms in total. The summed E-state index contributed by atoms with van der Waals surface area (Å²) in [6, 6.07) is 9.79. The third-order valence-corrected chi connectivity index (χ3v) is 3.55. The van der Waals surface area contributed by atoms with Gasteiger partial charge in [0.15, 0.2) is 0 Å². The molecule has 0 fully saturated rings. The highest BCUT2D eigenvalue weighted by molar-refractivity contribution is 7.99. The van der Waals surface area contributed by atoms with Gasteiger partial charge in [0.2, 0.25) is 0 Å². The third-order valence-electron chi connectivity index (χ3n) is 2.22. The maximum atomic E-state index is 11.6. The molecule has 0 bridgehead atoms. The highest BCUT2D eigenvalue weighted by Gasteiger charge is 2.05. The summed E-state index contributed by atoms with van der Waals surface area (Å²) in [5, 5.41) is 8.84. The van der Waals surface area contributed by atoms with Crippen molar-refractivity contribution in [2.45, 2.75) is 13.3 Å². The Balaban J connectivity index is 2.21. The highest BCUT2D eigenvalue weighted by Crippen LogP contribution is 2.09. The van der Waals surface area contributed by atoms with Gasteiger partial charge in [-0.25, -0.2) is 0 Å². The van der Waals surface area contributed by atoms with Crippen molar-refractivity contribution < 1.29 is 9.90 Å². The molecule has 16 heavy (non-hydrogen) atoms. The van der Waals surface area contributed by atoms with Crippen molar-refractivity contribution in [3.8, 4) is 0 Å². The molecule has 88 valence electrons. The molecule has 0 saturated carbocycles. The van der Waals surface area contributed by atoms with Crippen LogP contribution in [0.4, 0.5) is 0 Å². The van der Waals surface area contributed by atoms with Crippen LogP contribution in [-0.4, -0.2) is 29.0 Å². The molecule has 1 aromatic rings. The Kier molecular flexibility index (Phi) is 6.19. The van der Waals surface area contributed by atoms with Crippen LogP contribution >= 0.6 is 11.8 Å². The standard InChI is InChI=1S/C13H18O2S/c1-11(8-14)9-16-10-13(15)7-12-5-3-2-4-6-12/h2-6,11,14H,7-10H2,1H3. The van der Waals surface area contributed by atoms with Gasteiger partial charge >= 0.3 is 0 Å². The lowest BCUT2D eigenvalue weighted by molar-refractivity contribution is -0.116. The Morgan fingerprint density at radius 1 is 1.38 bits per heavy atom. The van der Waals surface area contributed by atoms with E-state index >= 15 is 0 Å². The van der Waals surface area contributed by atoms with E-state index in [0.29, 0.717) is 12.2 Å². The monoisotopic (exact) mass is 238 g/mol. The van der Waals surface area contributed by atoms with Crippen LogP contribution in [0.1, 0.15) is 12.5 Å². The van der Waals surface area contributed by atoms with E-state index in [1.165, 1.54) is 0 Å². The van der Waals surface area contributed by atoms with Gasteiger partial charge in [-0.3, -0.25) is 4.79 Å². The summed E-state index contributed by atoms with van der Waals surface area (Å²) in [6.45, 7) is 2.18. The first-order valence-corrected chi connectivity index (χ1v) is 6.62. The summed E-state index contributed by atoms with van der Waals surface area (Å²) >= 11 is 1.60. The predicted octanol–water partition coefficient (Wildman–Crippen LogP) is 2.16. The van der Waals surface area contributed by atoms with Gasteiger partial charge < -0.3 is 5.11 Å². The Bertz CT molecular complexity index is 311. The molecule has 3 heteroatoms. The van der Waals surface area contributed by atoms with Gasteiger partial charge in [-0.05, 0) is 17.2 Å². The number of aliphatic hydroxyl groups is 1. The maximum Gasteiger partial charge on any atom is 0.147 e. The first-order valence-electron chi connectivity index (χ1n) is 5.46. The molecule has 1 aromatic carbocycles. The first kappa shape index (κ1) is 13.3. The fraction of sp³-hybridized carbons (Fsp3) is 0.462. The SMILES string of the molecule is CC(CO)CSCC(=O)Cc1ccccc1. The number of carbonyl (C=O) groups is 1. The summed E-state index contributed by atoms with van der Waals surface area (Å²) in [5.41, 5.74) is 1.07. The number of ketones is 1. The molecule has 0 spiro atoms. The van der Waals surface area contributed by atoms with E-state index in [9.17, 15) is 4.79 Å². The van der Waals surface area contributed by atoms with Crippen LogP contribution in [0.5, 0.6) is 0 Å². The summed E-state index contributed by atoms with van der Waals surface area (Å²) in [6.07, 6.45) is 0.515. The minimum Gasteiger partial charge on any atom is -0.396 e. The molecule has 0 saturated heterocycles. The van der Waals surface area contributed by atoms with Gasteiger partial charge in [0.05, 0.1) is 5.75 Å². The first-order chi connectivity index (χ1) is 7.72. The quantitative estimate of drug-likeness (QED) is 0.791. The van der Waals surface area contributed by atoms with Crippen molar-refractivity contribution >= 4 is 17.5 Å². The van der Waals surface area contributed by atoms with Crippen LogP contribution in [-0.2, 0) is 11.2 Å². The zero-order valence-corrected chi connectivity index (χ0v) is 10.4. The third kappa shape index (κ3) is 5.33. The fourth-order valence-corrected chi connectivity index (χ4v) is 2.26. The van der Waals surface area contributed by atoms with Crippen LogP contribution in [0.2, 0.25) is 0 Å². The number of hydrogen-bond donors (Lipinski definition) is 1. The van der Waals surface area contributed by atoms with E-state index in [1.54, 1.807) is 11.8 Å². The molecule has 0 amide bonds. The number of rotatable bonds is 7. The largest absolute Gasteiger partial charge is 0.396 e. The van der Waals surface area contributed by atoms with Gasteiger partial charge in [-0.1, -0.05) is 37.3 Å². The lowest BCUT2D eigenvalue weighted by Gasteiger charge is -2.06. The maximum absolute atomic E-state index is 11.6. The van der Waals surface area contributed by atoms with E-state index in [-0.39, 0.29) is 18.3 Å². The molecular formula is C13H18O2S. The fourth-order valence-electron chi connectivity index (χ4n) is 1.30. The number of Topliss-reactive ketones (excluding diaryl/α,β-unsaturated/α-hetero) is 1. The second kappa shape index (κ2) is 7.47. The topological polar surface area (TPSA) is 37.3 Å². The zero-order chi connectivity index (χ0) is 11.8.